The largest absolute Gasteiger partial charge is 0.459 e. The van der Waals surface area contributed by atoms with Crippen LogP contribution in [0.4, 0.5) is 0 Å². The molecule has 228 valence electrons. The summed E-state index contributed by atoms with van der Waals surface area (Å²) < 4.78 is 39.8. The summed E-state index contributed by atoms with van der Waals surface area (Å²) >= 11 is 0. The topological polar surface area (TPSA) is 98.8 Å². The van der Waals surface area contributed by atoms with Gasteiger partial charge in [0.25, 0.3) is 0 Å². The normalized spacial score (nSPS) is 15.8. The summed E-state index contributed by atoms with van der Waals surface area (Å²) in [5, 5.41) is 0. The van der Waals surface area contributed by atoms with Crippen molar-refractivity contribution in [3.8, 4) is 0 Å². The number of benzene rings is 2. The summed E-state index contributed by atoms with van der Waals surface area (Å²) in [6.07, 6.45) is -1.19. The smallest absolute Gasteiger partial charge is 0.338 e. The van der Waals surface area contributed by atoms with E-state index < -0.39 is 0 Å². The lowest BCUT2D eigenvalue weighted by atomic mass is 10.2. The quantitative estimate of drug-likeness (QED) is 0.200. The zero-order chi connectivity index (χ0) is 30.0. The van der Waals surface area contributed by atoms with E-state index >= 15 is 0 Å². The minimum atomic E-state index is -0.375. The van der Waals surface area contributed by atoms with E-state index in [1.165, 1.54) is 0 Å². The fourth-order valence-corrected chi connectivity index (χ4v) is 3.45. The first-order valence-corrected chi connectivity index (χ1v) is 14.2. The second-order valence-electron chi connectivity index (χ2n) is 10.3. The van der Waals surface area contributed by atoms with Crippen LogP contribution in [0.5, 0.6) is 0 Å². The molecule has 9 heteroatoms. The van der Waals surface area contributed by atoms with Gasteiger partial charge in [0.1, 0.15) is 12.7 Å². The van der Waals surface area contributed by atoms with Crippen molar-refractivity contribution >= 4 is 11.9 Å². The summed E-state index contributed by atoms with van der Waals surface area (Å²) in [6.45, 7) is 13.4. The number of hydrogen-bond acceptors (Lipinski definition) is 9. The minimum absolute atomic E-state index is 0.124. The maximum Gasteiger partial charge on any atom is 0.338 e. The van der Waals surface area contributed by atoms with Crippen LogP contribution < -0.4 is 0 Å². The fourth-order valence-electron chi connectivity index (χ4n) is 3.45. The molecule has 0 amide bonds. The first-order valence-electron chi connectivity index (χ1n) is 14.2. The summed E-state index contributed by atoms with van der Waals surface area (Å²) in [5.41, 5.74) is 1.03. The molecule has 0 aliphatic heterocycles. The van der Waals surface area contributed by atoms with Crippen molar-refractivity contribution in [1.82, 2.24) is 0 Å². The van der Waals surface area contributed by atoms with Gasteiger partial charge >= 0.3 is 11.9 Å². The van der Waals surface area contributed by atoms with Crippen molar-refractivity contribution < 1.29 is 42.7 Å². The molecular weight excluding hydrogens is 528 g/mol. The highest BCUT2D eigenvalue weighted by Crippen LogP contribution is 2.07. The molecule has 0 aliphatic carbocycles. The molecule has 0 fully saturated rings. The molecule has 6 unspecified atom stereocenters. The molecule has 0 saturated heterocycles. The van der Waals surface area contributed by atoms with Gasteiger partial charge in [-0.1, -0.05) is 36.4 Å². The molecular formula is C32H46O9. The van der Waals surface area contributed by atoms with Gasteiger partial charge in [-0.15, -0.1) is 0 Å². The average Bonchev–Trinajstić information content (AvgIpc) is 2.99. The van der Waals surface area contributed by atoms with Crippen molar-refractivity contribution in [1.29, 1.82) is 0 Å². The number of esters is 2. The lowest BCUT2D eigenvalue weighted by molar-refractivity contribution is -0.101. The van der Waals surface area contributed by atoms with Crippen LogP contribution >= 0.6 is 0 Å². The number of hydrogen-bond donors (Lipinski definition) is 0. The third kappa shape index (κ3) is 15.1. The van der Waals surface area contributed by atoms with Crippen LogP contribution in [0, 0.1) is 0 Å². The van der Waals surface area contributed by atoms with Gasteiger partial charge in [0.15, 0.2) is 0 Å². The Bertz CT molecular complexity index is 985. The summed E-state index contributed by atoms with van der Waals surface area (Å²) in [6, 6.07) is 17.7. The number of rotatable bonds is 20. The van der Waals surface area contributed by atoms with E-state index in [0.717, 1.165) is 0 Å². The van der Waals surface area contributed by atoms with Crippen LogP contribution in [-0.4, -0.2) is 88.2 Å². The molecule has 0 spiro atoms. The lowest BCUT2D eigenvalue weighted by Crippen LogP contribution is -2.30. The molecule has 0 saturated carbocycles. The van der Waals surface area contributed by atoms with Gasteiger partial charge in [0.05, 0.1) is 74.7 Å². The van der Waals surface area contributed by atoms with E-state index in [4.69, 9.17) is 33.2 Å². The van der Waals surface area contributed by atoms with E-state index in [1.807, 2.05) is 46.8 Å². The zero-order valence-corrected chi connectivity index (χ0v) is 25.2. The molecule has 0 N–H and O–H groups in total. The molecule has 2 aromatic carbocycles. The summed E-state index contributed by atoms with van der Waals surface area (Å²) in [5.74, 6) is -0.735. The maximum absolute atomic E-state index is 12.1. The molecule has 2 aromatic rings. The Labute approximate surface area is 244 Å². The highest BCUT2D eigenvalue weighted by atomic mass is 16.6. The van der Waals surface area contributed by atoms with Crippen molar-refractivity contribution in [3.63, 3.8) is 0 Å². The first kappa shape index (κ1) is 34.4. The predicted octanol–water partition coefficient (Wildman–Crippen LogP) is 5.11. The average molecular weight is 575 g/mol. The standard InChI is InChI=1S/C32H46O9/c1-23(17-36-25(3)19-38-27(5)21-40-31(33)29-13-9-7-10-14-29)35-18-24(2)37-20-26(4)39-22-28(6)41-32(34)30-15-11-8-12-16-30/h7-16,23-28H,17-22H2,1-6H3. The van der Waals surface area contributed by atoms with Crippen molar-refractivity contribution in [3.05, 3.63) is 71.8 Å². The second-order valence-corrected chi connectivity index (χ2v) is 10.3. The number of carbonyl (C=O) groups is 2. The highest BCUT2D eigenvalue weighted by molar-refractivity contribution is 5.89. The second kappa shape index (κ2) is 19.3. The Hall–Kier alpha value is -2.82. The van der Waals surface area contributed by atoms with Crippen LogP contribution in [0.2, 0.25) is 0 Å². The van der Waals surface area contributed by atoms with Crippen LogP contribution in [-0.2, 0) is 33.2 Å². The Kier molecular flexibility index (Phi) is 16.2. The number of carbonyl (C=O) groups excluding carboxylic acids is 2. The van der Waals surface area contributed by atoms with Gasteiger partial charge in [0.2, 0.25) is 0 Å². The Morgan fingerprint density at radius 3 is 1.17 bits per heavy atom. The lowest BCUT2D eigenvalue weighted by Gasteiger charge is -2.22. The third-order valence-electron chi connectivity index (χ3n) is 5.85. The molecule has 0 heterocycles. The van der Waals surface area contributed by atoms with Crippen molar-refractivity contribution in [2.75, 3.05) is 39.6 Å². The number of ether oxygens (including phenoxy) is 7. The molecule has 6 atom stereocenters. The molecule has 0 radical (unpaired) electrons. The summed E-state index contributed by atoms with van der Waals surface area (Å²) in [7, 11) is 0. The van der Waals surface area contributed by atoms with Crippen LogP contribution in [0.15, 0.2) is 60.7 Å². The highest BCUT2D eigenvalue weighted by Gasteiger charge is 2.16. The summed E-state index contributed by atoms with van der Waals surface area (Å²) in [4.78, 5) is 24.2. The van der Waals surface area contributed by atoms with Crippen molar-refractivity contribution in [2.24, 2.45) is 0 Å². The first-order chi connectivity index (χ1) is 19.6. The van der Waals surface area contributed by atoms with Crippen LogP contribution in [0.3, 0.4) is 0 Å². The van der Waals surface area contributed by atoms with Gasteiger partial charge in [-0.25, -0.2) is 9.59 Å². The monoisotopic (exact) mass is 574 g/mol. The molecule has 2 rings (SSSR count). The van der Waals surface area contributed by atoms with E-state index in [2.05, 4.69) is 0 Å². The zero-order valence-electron chi connectivity index (χ0n) is 25.2. The van der Waals surface area contributed by atoms with Crippen molar-refractivity contribution in [2.45, 2.75) is 78.2 Å². The minimum Gasteiger partial charge on any atom is -0.459 e. The van der Waals surface area contributed by atoms with Gasteiger partial charge in [-0.05, 0) is 65.8 Å². The van der Waals surface area contributed by atoms with E-state index in [0.29, 0.717) is 37.6 Å². The van der Waals surface area contributed by atoms with Gasteiger partial charge < -0.3 is 33.2 Å². The Morgan fingerprint density at radius 1 is 0.463 bits per heavy atom. The fraction of sp³-hybridized carbons (Fsp3) is 0.562. The maximum atomic E-state index is 12.1. The molecule has 9 nitrogen and oxygen atoms in total. The molecule has 0 aliphatic rings. The third-order valence-corrected chi connectivity index (χ3v) is 5.85. The van der Waals surface area contributed by atoms with Gasteiger partial charge in [-0.2, -0.15) is 0 Å². The van der Waals surface area contributed by atoms with E-state index in [1.54, 1.807) is 55.5 Å². The van der Waals surface area contributed by atoms with Crippen LogP contribution in [0.25, 0.3) is 0 Å². The predicted molar refractivity (Wildman–Crippen MR) is 155 cm³/mol. The van der Waals surface area contributed by atoms with Gasteiger partial charge in [-0.3, -0.25) is 0 Å². The van der Waals surface area contributed by atoms with E-state index in [9.17, 15) is 9.59 Å². The Morgan fingerprint density at radius 2 is 0.780 bits per heavy atom. The molecule has 0 aromatic heterocycles. The Balaban J connectivity index is 1.50. The SMILES string of the molecule is CC(COC(=O)c1ccccc1)OCC(C)OCC(C)OCC(C)OCC(C)OCC(C)OC(=O)c1ccccc1. The molecule has 0 bridgehead atoms. The van der Waals surface area contributed by atoms with Gasteiger partial charge in [0, 0.05) is 0 Å². The molecule has 41 heavy (non-hydrogen) atoms. The van der Waals surface area contributed by atoms with E-state index in [-0.39, 0.29) is 61.8 Å². The van der Waals surface area contributed by atoms with Crippen LogP contribution in [0.1, 0.15) is 62.3 Å².